The minimum Gasteiger partial charge on any atom is -0.444 e. The van der Waals surface area contributed by atoms with Crippen LogP contribution < -0.4 is 10.6 Å². The fourth-order valence-corrected chi connectivity index (χ4v) is 3.41. The van der Waals surface area contributed by atoms with Crippen LogP contribution in [-0.4, -0.2) is 57.7 Å². The van der Waals surface area contributed by atoms with Gasteiger partial charge in [-0.25, -0.2) is 13.6 Å². The second-order valence-electron chi connectivity index (χ2n) is 8.58. The predicted molar refractivity (Wildman–Crippen MR) is 116 cm³/mol. The molecular weight excluding hydrogens is 460 g/mol. The molecule has 33 heavy (non-hydrogen) atoms. The van der Waals surface area contributed by atoms with Crippen molar-refractivity contribution in [2.45, 2.75) is 45.3 Å². The summed E-state index contributed by atoms with van der Waals surface area (Å²) in [5.74, 6) is -3.64. The first-order valence-electron chi connectivity index (χ1n) is 10.2. The van der Waals surface area contributed by atoms with Crippen LogP contribution in [0.25, 0.3) is 0 Å². The molecular formula is C21H24ClF2N5O4. The molecule has 0 aliphatic carbocycles. The Balaban J connectivity index is 1.53. The van der Waals surface area contributed by atoms with E-state index >= 15 is 0 Å². The number of H-pyrrole nitrogens is 1. The Morgan fingerprint density at radius 2 is 1.76 bits per heavy atom. The standard InChI is InChI=1S/C21H24ClF2N5O4/c1-21(2,3)33-20(32)29-6-4-11(5-7-29)25-19(31)16-10-17(28-27-16)26-18(30)12-8-14(23)15(24)9-13(12)22/h8-11H,4-7H2,1-3H3,(H,25,31)(H2,26,27,28,30). The number of nitrogens with zero attached hydrogens (tertiary/aromatic N) is 2. The number of carbonyl (C=O) groups is 3. The van der Waals surface area contributed by atoms with Crippen molar-refractivity contribution in [1.29, 1.82) is 0 Å². The third kappa shape index (κ3) is 6.41. The van der Waals surface area contributed by atoms with Crippen LogP contribution in [0.2, 0.25) is 5.02 Å². The van der Waals surface area contributed by atoms with Crippen molar-refractivity contribution >= 4 is 35.3 Å². The maximum absolute atomic E-state index is 13.4. The highest BCUT2D eigenvalue weighted by Gasteiger charge is 2.28. The lowest BCUT2D eigenvalue weighted by Gasteiger charge is -2.33. The number of ether oxygens (including phenoxy) is 1. The summed E-state index contributed by atoms with van der Waals surface area (Å²) in [4.78, 5) is 38.5. The van der Waals surface area contributed by atoms with Crippen LogP contribution in [0.5, 0.6) is 0 Å². The number of halogens is 3. The summed E-state index contributed by atoms with van der Waals surface area (Å²) >= 11 is 5.80. The van der Waals surface area contributed by atoms with Gasteiger partial charge in [-0.2, -0.15) is 5.10 Å². The van der Waals surface area contributed by atoms with Gasteiger partial charge in [0, 0.05) is 25.2 Å². The SMILES string of the molecule is CC(C)(C)OC(=O)N1CCC(NC(=O)c2cc(NC(=O)c3cc(F)c(F)cc3Cl)n[nH]2)CC1. The zero-order valence-electron chi connectivity index (χ0n) is 18.3. The maximum atomic E-state index is 13.4. The molecule has 0 unspecified atom stereocenters. The summed E-state index contributed by atoms with van der Waals surface area (Å²) in [6, 6.07) is 2.52. The van der Waals surface area contributed by atoms with E-state index in [-0.39, 0.29) is 34.2 Å². The van der Waals surface area contributed by atoms with Crippen LogP contribution in [0.3, 0.4) is 0 Å². The van der Waals surface area contributed by atoms with Crippen molar-refractivity contribution in [2.24, 2.45) is 0 Å². The Morgan fingerprint density at radius 3 is 2.39 bits per heavy atom. The Hall–Kier alpha value is -3.21. The molecule has 1 aliphatic rings. The van der Waals surface area contributed by atoms with Crippen LogP contribution >= 0.6 is 11.6 Å². The number of hydrogen-bond acceptors (Lipinski definition) is 5. The molecule has 2 heterocycles. The molecule has 1 saturated heterocycles. The van der Waals surface area contributed by atoms with Crippen LogP contribution in [0.1, 0.15) is 54.5 Å². The zero-order chi connectivity index (χ0) is 24.3. The fourth-order valence-electron chi connectivity index (χ4n) is 3.18. The lowest BCUT2D eigenvalue weighted by Crippen LogP contribution is -2.47. The van der Waals surface area contributed by atoms with E-state index in [1.54, 1.807) is 25.7 Å². The second-order valence-corrected chi connectivity index (χ2v) is 8.99. The molecule has 12 heteroatoms. The summed E-state index contributed by atoms with van der Waals surface area (Å²) in [6.45, 7) is 6.28. The molecule has 2 aromatic rings. The number of amides is 3. The van der Waals surface area contributed by atoms with Crippen molar-refractivity contribution < 1.29 is 27.9 Å². The number of rotatable bonds is 4. The van der Waals surface area contributed by atoms with Gasteiger partial charge < -0.3 is 20.3 Å². The lowest BCUT2D eigenvalue weighted by atomic mass is 10.1. The summed E-state index contributed by atoms with van der Waals surface area (Å²) in [5.41, 5.74) is -0.760. The molecule has 0 bridgehead atoms. The number of piperidine rings is 1. The monoisotopic (exact) mass is 483 g/mol. The number of carbonyl (C=O) groups excluding carboxylic acids is 3. The third-order valence-electron chi connectivity index (χ3n) is 4.80. The van der Waals surface area contributed by atoms with E-state index in [2.05, 4.69) is 20.8 Å². The van der Waals surface area contributed by atoms with E-state index < -0.39 is 29.0 Å². The number of hydrogen-bond donors (Lipinski definition) is 3. The van der Waals surface area contributed by atoms with Gasteiger partial charge in [0.05, 0.1) is 10.6 Å². The topological polar surface area (TPSA) is 116 Å². The van der Waals surface area contributed by atoms with Crippen molar-refractivity contribution in [3.05, 3.63) is 46.1 Å². The second kappa shape index (κ2) is 9.74. The fraction of sp³-hybridized carbons (Fsp3) is 0.429. The predicted octanol–water partition coefficient (Wildman–Crippen LogP) is 3.72. The molecule has 3 N–H and O–H groups in total. The number of aromatic amines is 1. The van der Waals surface area contributed by atoms with E-state index in [4.69, 9.17) is 16.3 Å². The van der Waals surface area contributed by atoms with Gasteiger partial charge in [-0.1, -0.05) is 11.6 Å². The molecule has 1 aromatic heterocycles. The number of benzene rings is 1. The molecule has 3 rings (SSSR count). The quantitative estimate of drug-likeness (QED) is 0.573. The molecule has 0 saturated carbocycles. The highest BCUT2D eigenvalue weighted by atomic mass is 35.5. The first kappa shape index (κ1) is 24.4. The molecule has 3 amide bonds. The van der Waals surface area contributed by atoms with Crippen molar-refractivity contribution in [3.8, 4) is 0 Å². The number of likely N-dealkylation sites (tertiary alicyclic amines) is 1. The number of nitrogens with one attached hydrogen (secondary N) is 3. The number of aromatic nitrogens is 2. The van der Waals surface area contributed by atoms with Crippen molar-refractivity contribution in [1.82, 2.24) is 20.4 Å². The average Bonchev–Trinajstić information content (AvgIpc) is 3.18. The lowest BCUT2D eigenvalue weighted by molar-refractivity contribution is 0.0199. The van der Waals surface area contributed by atoms with Crippen LogP contribution in [0.4, 0.5) is 19.4 Å². The molecule has 1 fully saturated rings. The third-order valence-corrected chi connectivity index (χ3v) is 5.11. The number of anilines is 1. The summed E-state index contributed by atoms with van der Waals surface area (Å²) < 4.78 is 32.0. The largest absolute Gasteiger partial charge is 0.444 e. The van der Waals surface area contributed by atoms with Gasteiger partial charge in [-0.15, -0.1) is 0 Å². The van der Waals surface area contributed by atoms with E-state index in [0.29, 0.717) is 38.1 Å². The highest BCUT2D eigenvalue weighted by Crippen LogP contribution is 2.21. The van der Waals surface area contributed by atoms with Gasteiger partial charge in [0.15, 0.2) is 17.5 Å². The van der Waals surface area contributed by atoms with Crippen LogP contribution in [0.15, 0.2) is 18.2 Å². The van der Waals surface area contributed by atoms with E-state index in [9.17, 15) is 23.2 Å². The Kier molecular flexibility index (Phi) is 7.21. The average molecular weight is 484 g/mol. The first-order chi connectivity index (χ1) is 15.4. The maximum Gasteiger partial charge on any atom is 0.410 e. The van der Waals surface area contributed by atoms with E-state index in [0.717, 1.165) is 0 Å². The minimum atomic E-state index is -1.22. The summed E-state index contributed by atoms with van der Waals surface area (Å²) in [6.07, 6.45) is 0.719. The van der Waals surface area contributed by atoms with Gasteiger partial charge in [-0.3, -0.25) is 14.7 Å². The summed E-state index contributed by atoms with van der Waals surface area (Å²) in [7, 11) is 0. The molecule has 178 valence electrons. The normalized spacial score (nSPS) is 14.7. The molecule has 0 atom stereocenters. The van der Waals surface area contributed by atoms with Gasteiger partial charge >= 0.3 is 6.09 Å². The zero-order valence-corrected chi connectivity index (χ0v) is 19.1. The molecule has 9 nitrogen and oxygen atoms in total. The van der Waals surface area contributed by atoms with Gasteiger partial charge in [-0.05, 0) is 45.7 Å². The van der Waals surface area contributed by atoms with Gasteiger partial charge in [0.2, 0.25) is 0 Å². The van der Waals surface area contributed by atoms with Crippen LogP contribution in [0, 0.1) is 11.6 Å². The first-order valence-corrected chi connectivity index (χ1v) is 10.6. The molecule has 0 radical (unpaired) electrons. The summed E-state index contributed by atoms with van der Waals surface area (Å²) in [5, 5.41) is 11.3. The minimum absolute atomic E-state index is 0.00527. The molecule has 0 spiro atoms. The van der Waals surface area contributed by atoms with E-state index in [1.807, 2.05) is 0 Å². The van der Waals surface area contributed by atoms with Gasteiger partial charge in [0.25, 0.3) is 11.8 Å². The Morgan fingerprint density at radius 1 is 1.12 bits per heavy atom. The van der Waals surface area contributed by atoms with Crippen molar-refractivity contribution in [2.75, 3.05) is 18.4 Å². The van der Waals surface area contributed by atoms with Gasteiger partial charge in [0.1, 0.15) is 11.3 Å². The highest BCUT2D eigenvalue weighted by molar-refractivity contribution is 6.34. The van der Waals surface area contributed by atoms with Crippen molar-refractivity contribution in [3.63, 3.8) is 0 Å². The Labute approximate surface area is 193 Å². The van der Waals surface area contributed by atoms with Crippen LogP contribution in [-0.2, 0) is 4.74 Å². The Bertz CT molecular complexity index is 1060. The molecule has 1 aromatic carbocycles. The van der Waals surface area contributed by atoms with E-state index in [1.165, 1.54) is 6.07 Å². The smallest absolute Gasteiger partial charge is 0.410 e. The molecule has 1 aliphatic heterocycles.